The molecule has 0 spiro atoms. The lowest BCUT2D eigenvalue weighted by molar-refractivity contribution is 0.434. The predicted octanol–water partition coefficient (Wildman–Crippen LogP) is 4.56. The monoisotopic (exact) mass is 325 g/mol. The maximum Gasteiger partial charge on any atom is 0.155 e. The summed E-state index contributed by atoms with van der Waals surface area (Å²) in [5.41, 5.74) is 4.22. The van der Waals surface area contributed by atoms with E-state index in [1.165, 1.54) is 5.56 Å². The third-order valence-electron chi connectivity index (χ3n) is 4.40. The number of benzene rings is 2. The molecule has 2 aromatic carbocycles. The molecule has 1 aliphatic heterocycles. The summed E-state index contributed by atoms with van der Waals surface area (Å²) in [5, 5.41) is 0. The first-order valence-corrected chi connectivity index (χ1v) is 8.38. The fourth-order valence-corrected chi connectivity index (χ4v) is 3.10. The first kappa shape index (κ1) is 15.3. The van der Waals surface area contributed by atoms with Gasteiger partial charge in [-0.25, -0.2) is 4.99 Å². The Kier molecular flexibility index (Phi) is 4.13. The minimum absolute atomic E-state index is 0.117. The van der Waals surface area contributed by atoms with E-state index < -0.39 is 0 Å². The van der Waals surface area contributed by atoms with Crippen LogP contribution >= 0.6 is 0 Å². The summed E-state index contributed by atoms with van der Waals surface area (Å²) in [5.74, 6) is 0.885. The smallest absolute Gasteiger partial charge is 0.155 e. The van der Waals surface area contributed by atoms with Gasteiger partial charge in [-0.1, -0.05) is 66.7 Å². The minimum atomic E-state index is 0.117. The lowest BCUT2D eigenvalue weighted by atomic mass is 10.00. The molecule has 4 rings (SSSR count). The van der Waals surface area contributed by atoms with E-state index in [-0.39, 0.29) is 6.04 Å². The summed E-state index contributed by atoms with van der Waals surface area (Å²) in [6, 6.07) is 26.9. The van der Waals surface area contributed by atoms with Gasteiger partial charge in [0.15, 0.2) is 5.84 Å². The molecule has 0 N–H and O–H groups in total. The number of likely N-dealkylation sites (N-methyl/N-ethyl adjacent to an activating group) is 1. The predicted molar refractivity (Wildman–Crippen MR) is 102 cm³/mol. The Morgan fingerprint density at radius 3 is 2.16 bits per heavy atom. The molecule has 2 heterocycles. The van der Waals surface area contributed by atoms with E-state index >= 15 is 0 Å². The highest BCUT2D eigenvalue weighted by Gasteiger charge is 2.25. The Morgan fingerprint density at radius 1 is 0.800 bits per heavy atom. The van der Waals surface area contributed by atoms with Gasteiger partial charge in [-0.05, 0) is 29.3 Å². The van der Waals surface area contributed by atoms with Gasteiger partial charge in [-0.2, -0.15) is 0 Å². The van der Waals surface area contributed by atoms with Crippen LogP contribution < -0.4 is 0 Å². The van der Waals surface area contributed by atoms with Crippen LogP contribution in [0.4, 0.5) is 0 Å². The van der Waals surface area contributed by atoms with E-state index in [1.807, 2.05) is 48.7 Å². The normalized spacial score (nSPS) is 17.0. The number of hydrogen-bond acceptors (Lipinski definition) is 3. The SMILES string of the molecule is CN1C(c2ccccn2)=NC(c2ccccc2)=CC1c1ccccc1. The van der Waals surface area contributed by atoms with Gasteiger partial charge in [0.1, 0.15) is 5.69 Å². The van der Waals surface area contributed by atoms with Crippen LogP contribution in [0.1, 0.15) is 22.9 Å². The molecule has 1 aliphatic rings. The maximum atomic E-state index is 4.92. The number of hydrogen-bond donors (Lipinski definition) is 0. The number of aromatic nitrogens is 1. The molecule has 0 saturated heterocycles. The van der Waals surface area contributed by atoms with Gasteiger partial charge in [0.05, 0.1) is 11.7 Å². The number of amidine groups is 1. The Labute approximate surface area is 148 Å². The van der Waals surface area contributed by atoms with Crippen molar-refractivity contribution < 1.29 is 0 Å². The molecule has 3 nitrogen and oxygen atoms in total. The van der Waals surface area contributed by atoms with Crippen LogP contribution in [-0.4, -0.2) is 22.8 Å². The fourth-order valence-electron chi connectivity index (χ4n) is 3.10. The summed E-state index contributed by atoms with van der Waals surface area (Å²) in [6.07, 6.45) is 4.03. The largest absolute Gasteiger partial charge is 0.347 e. The molecule has 0 aliphatic carbocycles. The highest BCUT2D eigenvalue weighted by molar-refractivity contribution is 6.01. The minimum Gasteiger partial charge on any atom is -0.347 e. The second-order valence-electron chi connectivity index (χ2n) is 6.03. The van der Waals surface area contributed by atoms with Crippen LogP contribution in [0, 0.1) is 0 Å². The van der Waals surface area contributed by atoms with Crippen LogP contribution in [-0.2, 0) is 0 Å². The molecule has 3 heteroatoms. The Bertz CT molecular complexity index is 900. The van der Waals surface area contributed by atoms with Crippen LogP contribution in [0.15, 0.2) is 96.1 Å². The third-order valence-corrected chi connectivity index (χ3v) is 4.40. The molecule has 0 amide bonds. The van der Waals surface area contributed by atoms with E-state index in [1.54, 1.807) is 0 Å². The molecule has 3 aromatic rings. The van der Waals surface area contributed by atoms with Gasteiger partial charge in [0.25, 0.3) is 0 Å². The van der Waals surface area contributed by atoms with Crippen molar-refractivity contribution >= 4 is 11.5 Å². The van der Waals surface area contributed by atoms with E-state index in [0.29, 0.717) is 0 Å². The zero-order valence-electron chi connectivity index (χ0n) is 14.1. The summed E-state index contributed by atoms with van der Waals surface area (Å²) in [7, 11) is 2.07. The maximum absolute atomic E-state index is 4.92. The Morgan fingerprint density at radius 2 is 1.48 bits per heavy atom. The molecule has 0 fully saturated rings. The summed E-state index contributed by atoms with van der Waals surface area (Å²) in [4.78, 5) is 11.6. The number of aliphatic imine (C=N–C) groups is 1. The van der Waals surface area contributed by atoms with E-state index in [2.05, 4.69) is 59.4 Å². The summed E-state index contributed by atoms with van der Waals surface area (Å²) >= 11 is 0. The number of pyridine rings is 1. The van der Waals surface area contributed by atoms with Crippen LogP contribution in [0.2, 0.25) is 0 Å². The van der Waals surface area contributed by atoms with Gasteiger partial charge in [-0.15, -0.1) is 0 Å². The first-order valence-electron chi connectivity index (χ1n) is 8.38. The van der Waals surface area contributed by atoms with E-state index in [9.17, 15) is 0 Å². The number of rotatable bonds is 3. The zero-order chi connectivity index (χ0) is 17.1. The average molecular weight is 325 g/mol. The van der Waals surface area contributed by atoms with Crippen molar-refractivity contribution in [2.75, 3.05) is 7.05 Å². The van der Waals surface area contributed by atoms with Gasteiger partial charge >= 0.3 is 0 Å². The van der Waals surface area contributed by atoms with Crippen LogP contribution in [0.5, 0.6) is 0 Å². The van der Waals surface area contributed by atoms with E-state index in [4.69, 9.17) is 4.99 Å². The van der Waals surface area contributed by atoms with Crippen molar-refractivity contribution in [2.24, 2.45) is 4.99 Å². The first-order chi connectivity index (χ1) is 12.3. The average Bonchev–Trinajstić information content (AvgIpc) is 2.70. The van der Waals surface area contributed by atoms with Crippen molar-refractivity contribution in [3.05, 3.63) is 108 Å². The zero-order valence-corrected chi connectivity index (χ0v) is 14.1. The molecular weight excluding hydrogens is 306 g/mol. The molecule has 1 aromatic heterocycles. The van der Waals surface area contributed by atoms with Gasteiger partial charge in [0, 0.05) is 13.2 Å². The van der Waals surface area contributed by atoms with Crippen molar-refractivity contribution in [2.45, 2.75) is 6.04 Å². The molecule has 1 atom stereocenters. The van der Waals surface area contributed by atoms with Gasteiger partial charge in [0.2, 0.25) is 0 Å². The highest BCUT2D eigenvalue weighted by atomic mass is 15.2. The molecular formula is C22H19N3. The Balaban J connectivity index is 1.84. The van der Waals surface area contributed by atoms with Crippen LogP contribution in [0.25, 0.3) is 5.70 Å². The quantitative estimate of drug-likeness (QED) is 0.706. The standard InChI is InChI=1S/C22H19N3/c1-25-21(18-12-6-3-7-13-18)16-20(17-10-4-2-5-11-17)24-22(25)19-14-8-9-15-23-19/h2-16,21H,1H3. The van der Waals surface area contributed by atoms with Crippen molar-refractivity contribution in [3.8, 4) is 0 Å². The molecule has 122 valence electrons. The van der Waals surface area contributed by atoms with Gasteiger partial charge < -0.3 is 4.90 Å². The fraction of sp³-hybridized carbons (Fsp3) is 0.0909. The molecule has 1 unspecified atom stereocenters. The van der Waals surface area contributed by atoms with Crippen molar-refractivity contribution in [1.82, 2.24) is 9.88 Å². The topological polar surface area (TPSA) is 28.5 Å². The number of nitrogens with zero attached hydrogens (tertiary/aromatic N) is 3. The second-order valence-corrected chi connectivity index (χ2v) is 6.03. The molecule has 0 bridgehead atoms. The van der Waals surface area contributed by atoms with Crippen molar-refractivity contribution in [3.63, 3.8) is 0 Å². The van der Waals surface area contributed by atoms with Crippen molar-refractivity contribution in [1.29, 1.82) is 0 Å². The highest BCUT2D eigenvalue weighted by Crippen LogP contribution is 2.32. The molecule has 25 heavy (non-hydrogen) atoms. The third kappa shape index (κ3) is 3.09. The van der Waals surface area contributed by atoms with Gasteiger partial charge in [-0.3, -0.25) is 4.98 Å². The van der Waals surface area contributed by atoms with Crippen LogP contribution in [0.3, 0.4) is 0 Å². The molecule has 0 radical (unpaired) electrons. The molecule has 0 saturated carbocycles. The Hall–Kier alpha value is -3.20. The summed E-state index contributed by atoms with van der Waals surface area (Å²) < 4.78 is 0. The van der Waals surface area contributed by atoms with E-state index in [0.717, 1.165) is 22.8 Å². The lowest BCUT2D eigenvalue weighted by Crippen LogP contribution is -2.34. The lowest BCUT2D eigenvalue weighted by Gasteiger charge is -2.33. The summed E-state index contributed by atoms with van der Waals surface area (Å²) in [6.45, 7) is 0. The second kappa shape index (κ2) is 6.73.